The number of hydrogen-bond acceptors (Lipinski definition) is 4. The summed E-state index contributed by atoms with van der Waals surface area (Å²) < 4.78 is 33.4. The molecule has 0 spiro atoms. The van der Waals surface area contributed by atoms with Crippen molar-refractivity contribution >= 4 is 21.1 Å². The average Bonchev–Trinajstić information content (AvgIpc) is 3.25. The van der Waals surface area contributed by atoms with Crippen LogP contribution in [0.4, 0.5) is 0 Å². The average molecular weight is 441 g/mol. The summed E-state index contributed by atoms with van der Waals surface area (Å²) in [6, 6.07) is 27.8. The first kappa shape index (κ1) is 20.0. The molecule has 32 heavy (non-hydrogen) atoms. The highest BCUT2D eigenvalue weighted by Gasteiger charge is 2.23. The molecule has 5 rings (SSSR count). The van der Waals surface area contributed by atoms with Gasteiger partial charge in [0.05, 0.1) is 12.0 Å². The molecule has 0 fully saturated rings. The van der Waals surface area contributed by atoms with E-state index in [0.29, 0.717) is 5.65 Å². The first-order valence-electron chi connectivity index (χ1n) is 10.1. The lowest BCUT2D eigenvalue weighted by Crippen LogP contribution is -2.12. The molecular formula is C26H20N2O3S. The van der Waals surface area contributed by atoms with Crippen molar-refractivity contribution in [2.45, 2.75) is 4.90 Å². The first-order chi connectivity index (χ1) is 15.6. The fraction of sp³-hybridized carbons (Fsp3) is 0.0385. The standard InChI is InChI=1S/C26H20N2O3S/c1-31-22-14-12-19(13-15-22)21-16-24-25(20-8-4-2-5-9-20)18-28(26(24)27-17-21)32(29,30)23-10-6-3-7-11-23/h2-18H,1H3. The second-order valence-corrected chi connectivity index (χ2v) is 9.16. The first-order valence-corrected chi connectivity index (χ1v) is 11.5. The zero-order valence-corrected chi connectivity index (χ0v) is 18.2. The van der Waals surface area contributed by atoms with Crippen LogP contribution >= 0.6 is 0 Å². The van der Waals surface area contributed by atoms with Gasteiger partial charge in [0.1, 0.15) is 5.75 Å². The monoisotopic (exact) mass is 440 g/mol. The van der Waals surface area contributed by atoms with Gasteiger partial charge in [0.25, 0.3) is 10.0 Å². The Bertz CT molecular complexity index is 1490. The minimum absolute atomic E-state index is 0.220. The van der Waals surface area contributed by atoms with E-state index in [1.54, 1.807) is 49.8 Å². The molecule has 0 aliphatic heterocycles. The second kappa shape index (κ2) is 7.98. The summed E-state index contributed by atoms with van der Waals surface area (Å²) in [4.78, 5) is 4.81. The van der Waals surface area contributed by atoms with Crippen molar-refractivity contribution < 1.29 is 13.2 Å². The van der Waals surface area contributed by atoms with Crippen molar-refractivity contribution in [2.75, 3.05) is 7.11 Å². The molecule has 6 heteroatoms. The predicted octanol–water partition coefficient (Wildman–Crippen LogP) is 5.62. The van der Waals surface area contributed by atoms with E-state index in [1.807, 2.05) is 60.7 Å². The molecule has 0 atom stereocenters. The molecule has 0 amide bonds. The minimum atomic E-state index is -3.80. The van der Waals surface area contributed by atoms with Crippen molar-refractivity contribution in [1.29, 1.82) is 0 Å². The molecule has 3 aromatic carbocycles. The largest absolute Gasteiger partial charge is 0.497 e. The smallest absolute Gasteiger partial charge is 0.269 e. The Labute approximate surface area is 186 Å². The number of methoxy groups -OCH3 is 1. The number of fused-ring (bicyclic) bond motifs is 1. The summed E-state index contributed by atoms with van der Waals surface area (Å²) in [6.07, 6.45) is 3.36. The van der Waals surface area contributed by atoms with E-state index in [1.165, 1.54) is 3.97 Å². The van der Waals surface area contributed by atoms with Crippen LogP contribution in [-0.2, 0) is 10.0 Å². The van der Waals surface area contributed by atoms with E-state index >= 15 is 0 Å². The fourth-order valence-corrected chi connectivity index (χ4v) is 5.10. The van der Waals surface area contributed by atoms with Crippen molar-refractivity contribution in [1.82, 2.24) is 8.96 Å². The van der Waals surface area contributed by atoms with Gasteiger partial charge in [0.15, 0.2) is 5.65 Å². The number of pyridine rings is 1. The summed E-state index contributed by atoms with van der Waals surface area (Å²) >= 11 is 0. The van der Waals surface area contributed by atoms with E-state index < -0.39 is 10.0 Å². The summed E-state index contributed by atoms with van der Waals surface area (Å²) in [5.41, 5.74) is 3.99. The lowest BCUT2D eigenvalue weighted by Gasteiger charge is -2.08. The summed E-state index contributed by atoms with van der Waals surface area (Å²) in [7, 11) is -2.17. The van der Waals surface area contributed by atoms with Crippen molar-refractivity contribution in [2.24, 2.45) is 0 Å². The Morgan fingerprint density at radius 3 is 2.09 bits per heavy atom. The third-order valence-electron chi connectivity index (χ3n) is 5.42. The highest BCUT2D eigenvalue weighted by atomic mass is 32.2. The van der Waals surface area contributed by atoms with Gasteiger partial charge < -0.3 is 4.74 Å². The quantitative estimate of drug-likeness (QED) is 0.356. The van der Waals surface area contributed by atoms with Gasteiger partial charge in [-0.1, -0.05) is 60.7 Å². The number of aromatic nitrogens is 2. The van der Waals surface area contributed by atoms with Crippen LogP contribution in [0, 0.1) is 0 Å². The molecule has 0 aliphatic rings. The Morgan fingerprint density at radius 1 is 0.781 bits per heavy atom. The van der Waals surface area contributed by atoms with Gasteiger partial charge in [0, 0.05) is 28.9 Å². The zero-order chi connectivity index (χ0) is 22.1. The number of rotatable bonds is 5. The third kappa shape index (κ3) is 3.44. The Hall–Kier alpha value is -3.90. The lowest BCUT2D eigenvalue weighted by molar-refractivity contribution is 0.415. The number of benzene rings is 3. The van der Waals surface area contributed by atoms with Gasteiger partial charge in [-0.05, 0) is 41.5 Å². The molecule has 158 valence electrons. The number of hydrogen-bond donors (Lipinski definition) is 0. The normalized spacial score (nSPS) is 11.5. The Balaban J connectivity index is 1.74. The van der Waals surface area contributed by atoms with Gasteiger partial charge in [-0.25, -0.2) is 17.4 Å². The van der Waals surface area contributed by atoms with Crippen molar-refractivity contribution in [3.05, 3.63) is 103 Å². The molecule has 0 radical (unpaired) electrons. The number of ether oxygens (including phenoxy) is 1. The van der Waals surface area contributed by atoms with Gasteiger partial charge >= 0.3 is 0 Å². The predicted molar refractivity (Wildman–Crippen MR) is 126 cm³/mol. The second-order valence-electron chi connectivity index (χ2n) is 7.35. The molecule has 5 nitrogen and oxygen atoms in total. The van der Waals surface area contributed by atoms with E-state index in [0.717, 1.165) is 33.4 Å². The zero-order valence-electron chi connectivity index (χ0n) is 17.3. The van der Waals surface area contributed by atoms with Gasteiger partial charge in [-0.2, -0.15) is 0 Å². The molecule has 0 saturated carbocycles. The van der Waals surface area contributed by atoms with Crippen LogP contribution in [0.15, 0.2) is 108 Å². The van der Waals surface area contributed by atoms with Crippen LogP contribution in [0.5, 0.6) is 5.75 Å². The number of nitrogens with zero attached hydrogens (tertiary/aromatic N) is 2. The molecule has 5 aromatic rings. The summed E-state index contributed by atoms with van der Waals surface area (Å²) in [6.45, 7) is 0. The minimum Gasteiger partial charge on any atom is -0.497 e. The van der Waals surface area contributed by atoms with Gasteiger partial charge in [-0.15, -0.1) is 0 Å². The van der Waals surface area contributed by atoms with Gasteiger partial charge in [0.2, 0.25) is 0 Å². The molecule has 0 bridgehead atoms. The topological polar surface area (TPSA) is 61.2 Å². The highest BCUT2D eigenvalue weighted by molar-refractivity contribution is 7.90. The van der Waals surface area contributed by atoms with E-state index in [-0.39, 0.29) is 4.90 Å². The van der Waals surface area contributed by atoms with E-state index in [4.69, 9.17) is 4.74 Å². The molecule has 2 heterocycles. The van der Waals surface area contributed by atoms with Crippen LogP contribution in [0.1, 0.15) is 0 Å². The van der Waals surface area contributed by atoms with Crippen LogP contribution in [0.2, 0.25) is 0 Å². The Morgan fingerprint density at radius 2 is 1.44 bits per heavy atom. The van der Waals surface area contributed by atoms with E-state index in [9.17, 15) is 8.42 Å². The van der Waals surface area contributed by atoms with Crippen molar-refractivity contribution in [3.8, 4) is 28.0 Å². The van der Waals surface area contributed by atoms with Crippen LogP contribution in [0.3, 0.4) is 0 Å². The molecule has 0 saturated heterocycles. The van der Waals surface area contributed by atoms with Crippen LogP contribution < -0.4 is 4.74 Å². The fourth-order valence-electron chi connectivity index (χ4n) is 3.76. The van der Waals surface area contributed by atoms with Crippen molar-refractivity contribution in [3.63, 3.8) is 0 Å². The van der Waals surface area contributed by atoms with Crippen LogP contribution in [-0.4, -0.2) is 24.5 Å². The molecule has 0 unspecified atom stereocenters. The highest BCUT2D eigenvalue weighted by Crippen LogP contribution is 2.34. The SMILES string of the molecule is COc1ccc(-c2cnc3c(c2)c(-c2ccccc2)cn3S(=O)(=O)c2ccccc2)cc1. The maximum atomic E-state index is 13.4. The molecule has 2 aromatic heterocycles. The summed E-state index contributed by atoms with van der Waals surface area (Å²) in [5, 5.41) is 0.768. The molecule has 0 aliphatic carbocycles. The molecular weight excluding hydrogens is 420 g/mol. The van der Waals surface area contributed by atoms with E-state index in [2.05, 4.69) is 4.98 Å². The third-order valence-corrected chi connectivity index (χ3v) is 7.08. The Kier molecular flexibility index (Phi) is 4.99. The lowest BCUT2D eigenvalue weighted by atomic mass is 10.0. The van der Waals surface area contributed by atoms with Crippen LogP contribution in [0.25, 0.3) is 33.3 Å². The van der Waals surface area contributed by atoms with Gasteiger partial charge in [-0.3, -0.25) is 0 Å². The maximum absolute atomic E-state index is 13.4. The summed E-state index contributed by atoms with van der Waals surface area (Å²) in [5.74, 6) is 0.771. The maximum Gasteiger partial charge on any atom is 0.269 e. The molecule has 0 N–H and O–H groups in total.